The number of rotatable bonds is 4. The minimum absolute atomic E-state index is 0.132. The molecule has 3 rings (SSSR count). The van der Waals surface area contributed by atoms with Gasteiger partial charge in [0, 0.05) is 21.5 Å². The number of pyridine rings is 1. The number of nitrogens with zero attached hydrogens (tertiary/aromatic N) is 1. The van der Waals surface area contributed by atoms with Crippen LogP contribution in [0.3, 0.4) is 0 Å². The van der Waals surface area contributed by atoms with Crippen molar-refractivity contribution in [3.05, 3.63) is 64.8 Å². The molecule has 2 aromatic carbocycles. The number of amides is 1. The second-order valence-corrected chi connectivity index (χ2v) is 6.65. The van der Waals surface area contributed by atoms with E-state index in [1.165, 1.54) is 11.8 Å². The van der Waals surface area contributed by atoms with Gasteiger partial charge >= 0.3 is 0 Å². The van der Waals surface area contributed by atoms with Gasteiger partial charge in [-0.1, -0.05) is 41.4 Å². The predicted octanol–water partition coefficient (Wildman–Crippen LogP) is 5.27. The lowest BCUT2D eigenvalue weighted by atomic mass is 10.2. The summed E-state index contributed by atoms with van der Waals surface area (Å²) in [4.78, 5) is 17.5. The van der Waals surface area contributed by atoms with Crippen molar-refractivity contribution in [2.45, 2.75) is 4.90 Å². The first kappa shape index (κ1) is 16.1. The van der Waals surface area contributed by atoms with Crippen molar-refractivity contribution >= 4 is 57.5 Å². The molecule has 0 bridgehead atoms. The number of hydrogen-bond donors (Lipinski definition) is 1. The van der Waals surface area contributed by atoms with E-state index in [9.17, 15) is 4.79 Å². The first-order valence-corrected chi connectivity index (χ1v) is 8.59. The second-order valence-electron chi connectivity index (χ2n) is 4.79. The van der Waals surface area contributed by atoms with Gasteiger partial charge in [-0.3, -0.25) is 9.78 Å². The molecule has 0 atom stereocenters. The SMILES string of the molecule is O=C(CSc1cccc2cccnc12)Nc1ccc(Cl)cc1Cl. The zero-order valence-electron chi connectivity index (χ0n) is 11.9. The van der Waals surface area contributed by atoms with E-state index in [0.29, 0.717) is 15.7 Å². The molecule has 1 heterocycles. The van der Waals surface area contributed by atoms with Gasteiger partial charge < -0.3 is 5.32 Å². The summed E-state index contributed by atoms with van der Waals surface area (Å²) in [5, 5.41) is 4.79. The van der Waals surface area contributed by atoms with Crippen LogP contribution in [0.4, 0.5) is 5.69 Å². The highest BCUT2D eigenvalue weighted by Crippen LogP contribution is 2.28. The first-order valence-electron chi connectivity index (χ1n) is 6.85. The summed E-state index contributed by atoms with van der Waals surface area (Å²) in [5.74, 6) is 0.140. The molecule has 3 aromatic rings. The summed E-state index contributed by atoms with van der Waals surface area (Å²) in [6.45, 7) is 0. The van der Waals surface area contributed by atoms with Crippen molar-refractivity contribution in [3.63, 3.8) is 0 Å². The molecule has 116 valence electrons. The average Bonchev–Trinajstić information content (AvgIpc) is 2.55. The average molecular weight is 363 g/mol. The van der Waals surface area contributed by atoms with Crippen LogP contribution in [0.15, 0.2) is 59.6 Å². The number of benzene rings is 2. The van der Waals surface area contributed by atoms with Crippen molar-refractivity contribution in [3.8, 4) is 0 Å². The quantitative estimate of drug-likeness (QED) is 0.642. The van der Waals surface area contributed by atoms with Gasteiger partial charge in [-0.2, -0.15) is 0 Å². The summed E-state index contributed by atoms with van der Waals surface area (Å²) >= 11 is 13.3. The van der Waals surface area contributed by atoms with Crippen molar-refractivity contribution in [2.24, 2.45) is 0 Å². The van der Waals surface area contributed by atoms with E-state index in [1.54, 1.807) is 24.4 Å². The Bertz CT molecular complexity index is 865. The molecular formula is C17H12Cl2N2OS. The number of anilines is 1. The molecule has 1 amide bonds. The number of aromatic nitrogens is 1. The first-order chi connectivity index (χ1) is 11.1. The Balaban J connectivity index is 1.69. The van der Waals surface area contributed by atoms with Crippen molar-refractivity contribution in [1.82, 2.24) is 4.98 Å². The monoisotopic (exact) mass is 362 g/mol. The highest BCUT2D eigenvalue weighted by molar-refractivity contribution is 8.00. The third-order valence-electron chi connectivity index (χ3n) is 3.16. The molecule has 0 saturated carbocycles. The molecule has 0 unspecified atom stereocenters. The Kier molecular flexibility index (Phi) is 5.06. The molecule has 0 radical (unpaired) electrons. The maximum absolute atomic E-state index is 12.1. The molecule has 0 aliphatic carbocycles. The van der Waals surface area contributed by atoms with E-state index < -0.39 is 0 Å². The van der Waals surface area contributed by atoms with E-state index in [1.807, 2.05) is 30.3 Å². The van der Waals surface area contributed by atoms with E-state index in [4.69, 9.17) is 23.2 Å². The minimum Gasteiger partial charge on any atom is -0.324 e. The van der Waals surface area contributed by atoms with Crippen LogP contribution in [0.1, 0.15) is 0 Å². The fraction of sp³-hybridized carbons (Fsp3) is 0.0588. The van der Waals surface area contributed by atoms with Crippen LogP contribution in [0.5, 0.6) is 0 Å². The lowest BCUT2D eigenvalue weighted by molar-refractivity contribution is -0.113. The fourth-order valence-corrected chi connectivity index (χ4v) is 3.41. The van der Waals surface area contributed by atoms with Gasteiger partial charge in [-0.05, 0) is 30.3 Å². The molecule has 23 heavy (non-hydrogen) atoms. The number of fused-ring (bicyclic) bond motifs is 1. The van der Waals surface area contributed by atoms with E-state index in [0.717, 1.165) is 15.8 Å². The second kappa shape index (κ2) is 7.21. The van der Waals surface area contributed by atoms with Crippen molar-refractivity contribution < 1.29 is 4.79 Å². The molecule has 1 N–H and O–H groups in total. The minimum atomic E-state index is -0.132. The van der Waals surface area contributed by atoms with Crippen LogP contribution in [-0.2, 0) is 4.79 Å². The molecule has 0 spiro atoms. The van der Waals surface area contributed by atoms with Crippen molar-refractivity contribution in [2.75, 3.05) is 11.1 Å². The predicted molar refractivity (Wildman–Crippen MR) is 97.6 cm³/mol. The van der Waals surface area contributed by atoms with Crippen LogP contribution >= 0.6 is 35.0 Å². The highest BCUT2D eigenvalue weighted by Gasteiger charge is 2.09. The highest BCUT2D eigenvalue weighted by atomic mass is 35.5. The van der Waals surface area contributed by atoms with Crippen LogP contribution in [0, 0.1) is 0 Å². The number of carbonyl (C=O) groups excluding carboxylic acids is 1. The largest absolute Gasteiger partial charge is 0.324 e. The number of nitrogens with one attached hydrogen (secondary N) is 1. The molecule has 3 nitrogen and oxygen atoms in total. The van der Waals surface area contributed by atoms with Crippen molar-refractivity contribution in [1.29, 1.82) is 0 Å². The third-order valence-corrected chi connectivity index (χ3v) is 4.75. The molecule has 0 fully saturated rings. The third kappa shape index (κ3) is 3.96. The normalized spacial score (nSPS) is 10.7. The van der Waals surface area contributed by atoms with Crippen LogP contribution < -0.4 is 5.32 Å². The maximum Gasteiger partial charge on any atom is 0.234 e. The van der Waals surface area contributed by atoms with E-state index >= 15 is 0 Å². The van der Waals surface area contributed by atoms with Gasteiger partial charge in [0.15, 0.2) is 0 Å². The lowest BCUT2D eigenvalue weighted by Crippen LogP contribution is -2.14. The molecule has 1 aromatic heterocycles. The Morgan fingerprint density at radius 3 is 2.78 bits per heavy atom. The molecular weight excluding hydrogens is 351 g/mol. The standard InChI is InChI=1S/C17H12Cl2N2OS/c18-12-6-7-14(13(19)9-12)21-16(22)10-23-15-5-1-3-11-4-2-8-20-17(11)15/h1-9H,10H2,(H,21,22). The van der Waals surface area contributed by atoms with E-state index in [-0.39, 0.29) is 11.7 Å². The summed E-state index contributed by atoms with van der Waals surface area (Å²) in [6, 6.07) is 14.8. The van der Waals surface area contributed by atoms with Gasteiger partial charge in [0.05, 0.1) is 22.0 Å². The number of thioether (sulfide) groups is 1. The van der Waals surface area contributed by atoms with Gasteiger partial charge in [0.25, 0.3) is 0 Å². The Morgan fingerprint density at radius 1 is 1.13 bits per heavy atom. The summed E-state index contributed by atoms with van der Waals surface area (Å²) in [5.41, 5.74) is 1.45. The van der Waals surface area contributed by atoms with Crippen LogP contribution in [-0.4, -0.2) is 16.6 Å². The van der Waals surface area contributed by atoms with Gasteiger partial charge in [-0.25, -0.2) is 0 Å². The molecule has 0 aliphatic heterocycles. The molecule has 0 aliphatic rings. The zero-order chi connectivity index (χ0) is 16.2. The zero-order valence-corrected chi connectivity index (χ0v) is 14.3. The number of hydrogen-bond acceptors (Lipinski definition) is 3. The van der Waals surface area contributed by atoms with Gasteiger partial charge in [0.1, 0.15) is 0 Å². The number of halogens is 2. The summed E-state index contributed by atoms with van der Waals surface area (Å²) < 4.78 is 0. The Hall–Kier alpha value is -1.75. The summed E-state index contributed by atoms with van der Waals surface area (Å²) in [6.07, 6.45) is 1.75. The Labute approximate surface area is 148 Å². The van der Waals surface area contributed by atoms with E-state index in [2.05, 4.69) is 10.3 Å². The molecule has 0 saturated heterocycles. The van der Waals surface area contributed by atoms with Gasteiger partial charge in [0.2, 0.25) is 5.91 Å². The van der Waals surface area contributed by atoms with Gasteiger partial charge in [-0.15, -0.1) is 11.8 Å². The smallest absolute Gasteiger partial charge is 0.234 e. The fourth-order valence-electron chi connectivity index (χ4n) is 2.11. The number of para-hydroxylation sites is 1. The number of carbonyl (C=O) groups is 1. The topological polar surface area (TPSA) is 42.0 Å². The molecule has 6 heteroatoms. The maximum atomic E-state index is 12.1. The lowest BCUT2D eigenvalue weighted by Gasteiger charge is -2.08. The Morgan fingerprint density at radius 2 is 1.96 bits per heavy atom. The van der Waals surface area contributed by atoms with Crippen LogP contribution in [0.25, 0.3) is 10.9 Å². The summed E-state index contributed by atoms with van der Waals surface area (Å²) in [7, 11) is 0. The van der Waals surface area contributed by atoms with Crippen LogP contribution in [0.2, 0.25) is 10.0 Å².